The summed E-state index contributed by atoms with van der Waals surface area (Å²) in [5, 5.41) is 22.0. The molecule has 1 aromatic heterocycles. The lowest BCUT2D eigenvalue weighted by molar-refractivity contribution is -0.334. The van der Waals surface area contributed by atoms with E-state index in [0.29, 0.717) is 47.3 Å². The third kappa shape index (κ3) is 5.67. The normalized spacial score (nSPS) is 36.4. The molecule has 2 saturated heterocycles. The Morgan fingerprint density at radius 1 is 1.13 bits per heavy atom. The van der Waals surface area contributed by atoms with Crippen LogP contribution in [-0.4, -0.2) is 46.4 Å². The van der Waals surface area contributed by atoms with Gasteiger partial charge in [0.05, 0.1) is 30.1 Å². The fraction of sp³-hybridized carbons (Fsp3) is 0.594. The number of fused-ring (bicyclic) bond motifs is 2. The molecule has 7 unspecified atom stereocenters. The zero-order valence-corrected chi connectivity index (χ0v) is 23.7. The number of rotatable bonds is 1. The third-order valence-electron chi connectivity index (χ3n) is 8.79. The van der Waals surface area contributed by atoms with E-state index in [4.69, 9.17) is 18.6 Å². The van der Waals surface area contributed by atoms with Crippen molar-refractivity contribution in [1.29, 1.82) is 0 Å². The van der Waals surface area contributed by atoms with E-state index in [1.807, 2.05) is 6.92 Å². The molecular formula is C32H42O7. The van der Waals surface area contributed by atoms with Gasteiger partial charge < -0.3 is 28.8 Å². The summed E-state index contributed by atoms with van der Waals surface area (Å²) in [6, 6.07) is 1.65. The Morgan fingerprint density at radius 2 is 1.92 bits per heavy atom. The minimum absolute atomic E-state index is 0.00861. The van der Waals surface area contributed by atoms with Crippen molar-refractivity contribution in [2.75, 3.05) is 0 Å². The number of furan rings is 1. The minimum atomic E-state index is -0.776. The van der Waals surface area contributed by atoms with Gasteiger partial charge in [-0.1, -0.05) is 44.6 Å². The van der Waals surface area contributed by atoms with Crippen LogP contribution in [-0.2, 0) is 14.2 Å². The maximum atomic E-state index is 13.7. The zero-order chi connectivity index (χ0) is 27.9. The van der Waals surface area contributed by atoms with Gasteiger partial charge in [-0.2, -0.15) is 0 Å². The molecule has 0 saturated carbocycles. The van der Waals surface area contributed by atoms with Gasteiger partial charge in [0.15, 0.2) is 17.1 Å². The summed E-state index contributed by atoms with van der Waals surface area (Å²) in [6.45, 7) is 10.2. The highest BCUT2D eigenvalue weighted by Gasteiger charge is 2.48. The summed E-state index contributed by atoms with van der Waals surface area (Å²) < 4.78 is 25.2. The number of ether oxygens (including phenoxy) is 3. The van der Waals surface area contributed by atoms with E-state index >= 15 is 0 Å². The van der Waals surface area contributed by atoms with Crippen LogP contribution >= 0.6 is 0 Å². The Kier molecular flexibility index (Phi) is 7.96. The second-order valence-electron chi connectivity index (χ2n) is 12.0. The standard InChI is InChI=1S/C32H42O7/c1-6-27-19(3)11-12-32(39-27)16-24-15-23(38-32)9-7-18(2)13-20(4)26(33)10-8-22-17-36-30-28(22)25(31(35)37-24)14-21(5)29(30)34/h7-8,10,14,17,19-20,23-24,26-27,33-34H,6,9,11-13,15-16H2,1-5H3/b10-8+,18-7+. The third-order valence-corrected chi connectivity index (χ3v) is 8.79. The van der Waals surface area contributed by atoms with Crippen LogP contribution < -0.4 is 0 Å². The smallest absolute Gasteiger partial charge is 0.339 e. The number of aliphatic hydroxyl groups is 1. The van der Waals surface area contributed by atoms with Crippen LogP contribution in [0.5, 0.6) is 5.75 Å². The van der Waals surface area contributed by atoms with Crippen molar-refractivity contribution in [3.05, 3.63) is 46.7 Å². The van der Waals surface area contributed by atoms with Gasteiger partial charge in [-0.05, 0) is 63.0 Å². The maximum absolute atomic E-state index is 13.7. The lowest BCUT2D eigenvalue weighted by Gasteiger charge is -2.49. The Balaban J connectivity index is 1.56. The highest BCUT2D eigenvalue weighted by molar-refractivity contribution is 6.08. The predicted molar refractivity (Wildman–Crippen MR) is 149 cm³/mol. The lowest BCUT2D eigenvalue weighted by atomic mass is 9.85. The number of hydrogen-bond donors (Lipinski definition) is 2. The van der Waals surface area contributed by atoms with Crippen molar-refractivity contribution in [2.45, 2.75) is 110 Å². The summed E-state index contributed by atoms with van der Waals surface area (Å²) in [6.07, 6.45) is 11.2. The van der Waals surface area contributed by atoms with Gasteiger partial charge in [0.2, 0.25) is 0 Å². The summed E-state index contributed by atoms with van der Waals surface area (Å²) in [7, 11) is 0. The quantitative estimate of drug-likeness (QED) is 0.304. The molecule has 4 heterocycles. The number of benzene rings is 1. The molecule has 2 bridgehead atoms. The van der Waals surface area contributed by atoms with Crippen LogP contribution in [0.25, 0.3) is 17.0 Å². The molecule has 5 rings (SSSR count). The molecule has 0 radical (unpaired) electrons. The van der Waals surface area contributed by atoms with Crippen molar-refractivity contribution in [3.8, 4) is 5.75 Å². The van der Waals surface area contributed by atoms with E-state index in [0.717, 1.165) is 25.7 Å². The number of aliphatic hydroxyl groups excluding tert-OH is 1. The zero-order valence-electron chi connectivity index (χ0n) is 23.7. The lowest BCUT2D eigenvalue weighted by Crippen LogP contribution is -2.54. The first-order valence-corrected chi connectivity index (χ1v) is 14.4. The number of carbonyl (C=O) groups excluding carboxylic acids is 1. The molecule has 212 valence electrons. The Labute approximate surface area is 230 Å². The number of esters is 1. The number of allylic oxidation sites excluding steroid dienone is 1. The van der Waals surface area contributed by atoms with Gasteiger partial charge in [0.25, 0.3) is 0 Å². The first-order chi connectivity index (χ1) is 18.6. The van der Waals surface area contributed by atoms with Crippen molar-refractivity contribution < 1.29 is 33.6 Å². The minimum Gasteiger partial charge on any atom is -0.504 e. The fourth-order valence-electron chi connectivity index (χ4n) is 6.46. The van der Waals surface area contributed by atoms with Gasteiger partial charge in [-0.15, -0.1) is 0 Å². The molecule has 2 N–H and O–H groups in total. The Bertz CT molecular complexity index is 1270. The van der Waals surface area contributed by atoms with Crippen molar-refractivity contribution in [1.82, 2.24) is 0 Å². The van der Waals surface area contributed by atoms with E-state index in [1.54, 1.807) is 25.1 Å². The summed E-state index contributed by atoms with van der Waals surface area (Å²) in [4.78, 5) is 13.7. The molecule has 0 aliphatic carbocycles. The van der Waals surface area contributed by atoms with E-state index in [2.05, 4.69) is 26.8 Å². The first-order valence-electron chi connectivity index (χ1n) is 14.4. The highest BCUT2D eigenvalue weighted by atomic mass is 16.7. The first kappa shape index (κ1) is 27.9. The molecular weight excluding hydrogens is 496 g/mol. The molecule has 2 aromatic rings. The van der Waals surface area contributed by atoms with Crippen LogP contribution in [0, 0.1) is 18.8 Å². The SMILES string of the molecule is CCC1OC2(CCC1C)CC1CC(C/C=C(\C)CC(C)C(O)/C=C/c3coc4c(O)c(C)cc(c34)C(=O)O1)O2. The van der Waals surface area contributed by atoms with E-state index in [-0.39, 0.29) is 35.6 Å². The molecule has 3 aliphatic rings. The molecule has 0 amide bonds. The Morgan fingerprint density at radius 3 is 2.69 bits per heavy atom. The number of phenols is 1. The number of hydrogen-bond acceptors (Lipinski definition) is 7. The number of phenolic OH excluding ortho intramolecular Hbond substituents is 1. The fourth-order valence-corrected chi connectivity index (χ4v) is 6.46. The van der Waals surface area contributed by atoms with E-state index in [9.17, 15) is 15.0 Å². The van der Waals surface area contributed by atoms with Crippen LogP contribution in [0.1, 0.15) is 94.1 Å². The summed E-state index contributed by atoms with van der Waals surface area (Å²) in [5.41, 5.74) is 2.88. The molecule has 1 aromatic carbocycles. The Hall–Kier alpha value is -2.61. The van der Waals surface area contributed by atoms with Gasteiger partial charge in [-0.25, -0.2) is 4.79 Å². The van der Waals surface area contributed by atoms with Gasteiger partial charge in [-0.3, -0.25) is 0 Å². The second-order valence-corrected chi connectivity index (χ2v) is 12.0. The van der Waals surface area contributed by atoms with Crippen LogP contribution in [0.3, 0.4) is 0 Å². The molecule has 39 heavy (non-hydrogen) atoms. The van der Waals surface area contributed by atoms with Crippen molar-refractivity contribution in [3.63, 3.8) is 0 Å². The van der Waals surface area contributed by atoms with Crippen LogP contribution in [0.15, 0.2) is 34.5 Å². The van der Waals surface area contributed by atoms with E-state index in [1.165, 1.54) is 11.8 Å². The highest BCUT2D eigenvalue weighted by Crippen LogP contribution is 2.44. The number of aromatic hydroxyl groups is 1. The summed E-state index contributed by atoms with van der Waals surface area (Å²) in [5.74, 6) is -0.813. The maximum Gasteiger partial charge on any atom is 0.339 e. The topological polar surface area (TPSA) is 98.4 Å². The second kappa shape index (κ2) is 11.1. The molecule has 7 heteroatoms. The van der Waals surface area contributed by atoms with Gasteiger partial charge in [0.1, 0.15) is 6.10 Å². The average molecular weight is 539 g/mol. The summed E-state index contributed by atoms with van der Waals surface area (Å²) >= 11 is 0. The van der Waals surface area contributed by atoms with Crippen molar-refractivity contribution in [2.24, 2.45) is 11.8 Å². The van der Waals surface area contributed by atoms with Gasteiger partial charge >= 0.3 is 5.97 Å². The van der Waals surface area contributed by atoms with Gasteiger partial charge in [0, 0.05) is 30.2 Å². The van der Waals surface area contributed by atoms with E-state index < -0.39 is 17.9 Å². The number of carbonyl (C=O) groups is 1. The van der Waals surface area contributed by atoms with Crippen LogP contribution in [0.2, 0.25) is 0 Å². The largest absolute Gasteiger partial charge is 0.504 e. The monoisotopic (exact) mass is 538 g/mol. The predicted octanol–water partition coefficient (Wildman–Crippen LogP) is 6.82. The van der Waals surface area contributed by atoms with Crippen LogP contribution in [0.4, 0.5) is 0 Å². The van der Waals surface area contributed by atoms with Crippen molar-refractivity contribution >= 4 is 23.0 Å². The molecule has 7 atom stereocenters. The average Bonchev–Trinajstić information content (AvgIpc) is 3.33. The molecule has 3 aliphatic heterocycles. The molecule has 2 fully saturated rings. The molecule has 1 spiro atoms. The molecule has 7 nitrogen and oxygen atoms in total. The number of aryl methyl sites for hydroxylation is 1.